The second-order valence-corrected chi connectivity index (χ2v) is 5.34. The van der Waals surface area contributed by atoms with Crippen molar-refractivity contribution in [1.82, 2.24) is 10.2 Å². The lowest BCUT2D eigenvalue weighted by Gasteiger charge is -2.27. The molecule has 2 atom stereocenters. The quantitative estimate of drug-likeness (QED) is 0.759. The largest absolute Gasteiger partial charge is 0.314 e. The highest BCUT2D eigenvalue weighted by molar-refractivity contribution is 5.14. The van der Waals surface area contributed by atoms with Crippen LogP contribution in [0.5, 0.6) is 0 Å². The third kappa shape index (κ3) is 5.65. The third-order valence-electron chi connectivity index (χ3n) is 3.46. The summed E-state index contributed by atoms with van der Waals surface area (Å²) in [6.07, 6.45) is 2.40. The van der Waals surface area contributed by atoms with Crippen LogP contribution in [0.4, 0.5) is 0 Å². The molecule has 0 fully saturated rings. The van der Waals surface area contributed by atoms with Gasteiger partial charge in [0.05, 0.1) is 0 Å². The van der Waals surface area contributed by atoms with Crippen molar-refractivity contribution < 1.29 is 0 Å². The lowest BCUT2D eigenvalue weighted by Crippen LogP contribution is -2.36. The van der Waals surface area contributed by atoms with Gasteiger partial charge >= 0.3 is 0 Å². The molecule has 0 bridgehead atoms. The van der Waals surface area contributed by atoms with Crippen molar-refractivity contribution in [2.24, 2.45) is 0 Å². The van der Waals surface area contributed by atoms with Crippen LogP contribution in [0.2, 0.25) is 0 Å². The lowest BCUT2D eigenvalue weighted by atomic mass is 10.1. The van der Waals surface area contributed by atoms with Crippen LogP contribution in [0.15, 0.2) is 30.3 Å². The van der Waals surface area contributed by atoms with Crippen molar-refractivity contribution in [1.29, 1.82) is 0 Å². The van der Waals surface area contributed by atoms with Gasteiger partial charge < -0.3 is 5.32 Å². The van der Waals surface area contributed by atoms with Crippen molar-refractivity contribution in [3.05, 3.63) is 35.9 Å². The van der Waals surface area contributed by atoms with Crippen molar-refractivity contribution >= 4 is 0 Å². The average Bonchev–Trinajstić information content (AvgIpc) is 2.37. The highest BCUT2D eigenvalue weighted by atomic mass is 15.1. The Labute approximate surface area is 112 Å². The maximum atomic E-state index is 3.56. The Morgan fingerprint density at radius 3 is 2.44 bits per heavy atom. The molecule has 0 saturated heterocycles. The minimum Gasteiger partial charge on any atom is -0.314 e. The fourth-order valence-corrected chi connectivity index (χ4v) is 2.19. The van der Waals surface area contributed by atoms with Gasteiger partial charge in [0.1, 0.15) is 0 Å². The predicted molar refractivity (Wildman–Crippen MR) is 79.7 cm³/mol. The van der Waals surface area contributed by atoms with Crippen molar-refractivity contribution in [2.75, 3.05) is 13.6 Å². The molecule has 1 rings (SSSR count). The zero-order chi connectivity index (χ0) is 13.4. The van der Waals surface area contributed by atoms with Crippen LogP contribution in [0.25, 0.3) is 0 Å². The molecule has 0 aliphatic rings. The average molecular weight is 248 g/mol. The number of rotatable bonds is 8. The second kappa shape index (κ2) is 8.28. The number of nitrogens with one attached hydrogen (secondary N) is 1. The third-order valence-corrected chi connectivity index (χ3v) is 3.46. The van der Waals surface area contributed by atoms with E-state index in [0.29, 0.717) is 12.1 Å². The summed E-state index contributed by atoms with van der Waals surface area (Å²) in [6, 6.07) is 11.9. The molecular formula is C16H28N2. The van der Waals surface area contributed by atoms with Crippen LogP contribution in [-0.2, 0) is 6.54 Å². The highest BCUT2D eigenvalue weighted by Gasteiger charge is 2.12. The first-order chi connectivity index (χ1) is 8.63. The first-order valence-corrected chi connectivity index (χ1v) is 7.11. The number of hydrogen-bond acceptors (Lipinski definition) is 2. The summed E-state index contributed by atoms with van der Waals surface area (Å²) >= 11 is 0. The maximum absolute atomic E-state index is 3.56. The lowest BCUT2D eigenvalue weighted by molar-refractivity contribution is 0.223. The second-order valence-electron chi connectivity index (χ2n) is 5.34. The highest BCUT2D eigenvalue weighted by Crippen LogP contribution is 2.10. The van der Waals surface area contributed by atoms with E-state index in [9.17, 15) is 0 Å². The van der Waals surface area contributed by atoms with Gasteiger partial charge in [-0.25, -0.2) is 0 Å². The maximum Gasteiger partial charge on any atom is 0.0233 e. The molecule has 0 aliphatic heterocycles. The standard InChI is InChI=1S/C16H28N2/c1-5-11-17-14(2)12-15(3)18(4)13-16-9-7-6-8-10-16/h6-10,14-15,17H,5,11-13H2,1-4H3. The van der Waals surface area contributed by atoms with Crippen molar-refractivity contribution in [3.63, 3.8) is 0 Å². The normalized spacial score (nSPS) is 14.7. The molecular weight excluding hydrogens is 220 g/mol. The van der Waals surface area contributed by atoms with Gasteiger partial charge in [-0.1, -0.05) is 37.3 Å². The summed E-state index contributed by atoms with van der Waals surface area (Å²) in [5.41, 5.74) is 1.39. The molecule has 0 aromatic heterocycles. The summed E-state index contributed by atoms with van der Waals surface area (Å²) < 4.78 is 0. The van der Waals surface area contributed by atoms with Crippen LogP contribution in [0.3, 0.4) is 0 Å². The van der Waals surface area contributed by atoms with E-state index in [1.54, 1.807) is 0 Å². The Morgan fingerprint density at radius 1 is 1.17 bits per heavy atom. The van der Waals surface area contributed by atoms with E-state index in [-0.39, 0.29) is 0 Å². The molecule has 1 aromatic carbocycles. The van der Waals surface area contributed by atoms with E-state index in [4.69, 9.17) is 0 Å². The fraction of sp³-hybridized carbons (Fsp3) is 0.625. The first-order valence-electron chi connectivity index (χ1n) is 7.11. The minimum absolute atomic E-state index is 0.596. The van der Waals surface area contributed by atoms with Gasteiger partial charge in [0.2, 0.25) is 0 Å². The first kappa shape index (κ1) is 15.2. The molecule has 0 spiro atoms. The zero-order valence-corrected chi connectivity index (χ0v) is 12.3. The molecule has 102 valence electrons. The zero-order valence-electron chi connectivity index (χ0n) is 12.3. The van der Waals surface area contributed by atoms with Crippen LogP contribution in [0.1, 0.15) is 39.2 Å². The van der Waals surface area contributed by atoms with E-state index in [0.717, 1.165) is 13.1 Å². The van der Waals surface area contributed by atoms with E-state index >= 15 is 0 Å². The molecule has 1 aromatic rings. The van der Waals surface area contributed by atoms with Gasteiger partial charge in [-0.05, 0) is 45.8 Å². The summed E-state index contributed by atoms with van der Waals surface area (Å²) in [6.45, 7) is 8.96. The Balaban J connectivity index is 2.34. The van der Waals surface area contributed by atoms with Gasteiger partial charge in [0.25, 0.3) is 0 Å². The van der Waals surface area contributed by atoms with Gasteiger partial charge in [0, 0.05) is 18.6 Å². The van der Waals surface area contributed by atoms with Gasteiger partial charge in [-0.3, -0.25) is 4.90 Å². The molecule has 0 heterocycles. The Morgan fingerprint density at radius 2 is 1.83 bits per heavy atom. The SMILES string of the molecule is CCCNC(C)CC(C)N(C)Cc1ccccc1. The molecule has 2 heteroatoms. The minimum atomic E-state index is 0.596. The van der Waals surface area contributed by atoms with Gasteiger partial charge in [0.15, 0.2) is 0 Å². The molecule has 0 radical (unpaired) electrons. The molecule has 2 nitrogen and oxygen atoms in total. The fourth-order valence-electron chi connectivity index (χ4n) is 2.19. The van der Waals surface area contributed by atoms with Crippen LogP contribution >= 0.6 is 0 Å². The Bertz CT molecular complexity index is 310. The van der Waals surface area contributed by atoms with E-state index in [2.05, 4.69) is 68.4 Å². The van der Waals surface area contributed by atoms with Gasteiger partial charge in [-0.2, -0.15) is 0 Å². The van der Waals surface area contributed by atoms with Gasteiger partial charge in [-0.15, -0.1) is 0 Å². The molecule has 0 aliphatic carbocycles. The summed E-state index contributed by atoms with van der Waals surface area (Å²) in [7, 11) is 2.21. The number of benzene rings is 1. The molecule has 0 amide bonds. The summed E-state index contributed by atoms with van der Waals surface area (Å²) in [4.78, 5) is 2.43. The van der Waals surface area contributed by atoms with E-state index < -0.39 is 0 Å². The molecule has 1 N–H and O–H groups in total. The van der Waals surface area contributed by atoms with Crippen LogP contribution < -0.4 is 5.32 Å². The van der Waals surface area contributed by atoms with Crippen molar-refractivity contribution in [3.8, 4) is 0 Å². The summed E-state index contributed by atoms with van der Waals surface area (Å²) in [5.74, 6) is 0. The van der Waals surface area contributed by atoms with Crippen LogP contribution in [-0.4, -0.2) is 30.6 Å². The molecule has 18 heavy (non-hydrogen) atoms. The predicted octanol–water partition coefficient (Wildman–Crippen LogP) is 3.29. The summed E-state index contributed by atoms with van der Waals surface area (Å²) in [5, 5.41) is 3.56. The molecule has 2 unspecified atom stereocenters. The monoisotopic (exact) mass is 248 g/mol. The van der Waals surface area contributed by atoms with E-state index in [1.807, 2.05) is 0 Å². The topological polar surface area (TPSA) is 15.3 Å². The smallest absolute Gasteiger partial charge is 0.0233 e. The Kier molecular flexibility index (Phi) is 6.99. The van der Waals surface area contributed by atoms with E-state index in [1.165, 1.54) is 18.4 Å². The van der Waals surface area contributed by atoms with Crippen LogP contribution in [0, 0.1) is 0 Å². The van der Waals surface area contributed by atoms with Crippen molar-refractivity contribution in [2.45, 2.75) is 52.2 Å². The Hall–Kier alpha value is -0.860. The number of hydrogen-bond donors (Lipinski definition) is 1. The molecule has 0 saturated carbocycles. The number of nitrogens with zero attached hydrogens (tertiary/aromatic N) is 1.